The van der Waals surface area contributed by atoms with Gasteiger partial charge in [0.05, 0.1) is 4.90 Å². The van der Waals surface area contributed by atoms with Crippen molar-refractivity contribution in [3.05, 3.63) is 53.6 Å². The Kier molecular flexibility index (Phi) is 3.30. The Labute approximate surface area is 120 Å². The second-order valence-corrected chi connectivity index (χ2v) is 7.64. The molecule has 0 aromatic heterocycles. The number of fused-ring (bicyclic) bond motifs is 1. The largest absolute Gasteiger partial charge is 0.243 e. The number of nitrogens with zero attached hydrogens (tertiary/aromatic N) is 1. The lowest BCUT2D eigenvalue weighted by Gasteiger charge is -2.15. The maximum Gasteiger partial charge on any atom is 0.243 e. The van der Waals surface area contributed by atoms with E-state index in [2.05, 4.69) is 25.2 Å². The Balaban J connectivity index is 1.89. The van der Waals surface area contributed by atoms with Gasteiger partial charge in [0.15, 0.2) is 0 Å². The zero-order chi connectivity index (χ0) is 14.3. The lowest BCUT2D eigenvalue weighted by molar-refractivity contribution is 0.471. The number of allylic oxidation sites excluding steroid dienone is 2. The highest BCUT2D eigenvalue weighted by molar-refractivity contribution is 7.89. The third-order valence-electron chi connectivity index (χ3n) is 4.02. The lowest BCUT2D eigenvalue weighted by Crippen LogP contribution is -2.28. The van der Waals surface area contributed by atoms with Crippen LogP contribution in [0.5, 0.6) is 0 Å². The van der Waals surface area contributed by atoms with E-state index in [-0.39, 0.29) is 5.92 Å². The van der Waals surface area contributed by atoms with E-state index < -0.39 is 10.0 Å². The molecule has 0 spiro atoms. The molecular weight excluding hydrogens is 270 g/mol. The summed E-state index contributed by atoms with van der Waals surface area (Å²) < 4.78 is 26.9. The van der Waals surface area contributed by atoms with Crippen LogP contribution in [-0.4, -0.2) is 25.8 Å². The fourth-order valence-corrected chi connectivity index (χ4v) is 4.28. The fraction of sp³-hybridized carbons (Fsp3) is 0.375. The minimum atomic E-state index is -3.37. The van der Waals surface area contributed by atoms with E-state index in [1.54, 1.807) is 16.4 Å². The molecule has 0 saturated carbocycles. The minimum absolute atomic E-state index is 0.256. The van der Waals surface area contributed by atoms with E-state index in [1.165, 1.54) is 5.57 Å². The van der Waals surface area contributed by atoms with Crippen LogP contribution in [0.25, 0.3) is 0 Å². The zero-order valence-corrected chi connectivity index (χ0v) is 12.6. The van der Waals surface area contributed by atoms with Gasteiger partial charge < -0.3 is 0 Å². The van der Waals surface area contributed by atoms with Gasteiger partial charge in [-0.2, -0.15) is 4.31 Å². The highest BCUT2D eigenvalue weighted by atomic mass is 32.2. The Morgan fingerprint density at radius 2 is 1.85 bits per heavy atom. The van der Waals surface area contributed by atoms with Crippen molar-refractivity contribution in [3.8, 4) is 0 Å². The molecule has 0 radical (unpaired) electrons. The summed E-state index contributed by atoms with van der Waals surface area (Å²) in [6.45, 7) is 5.16. The maximum absolute atomic E-state index is 12.6. The van der Waals surface area contributed by atoms with Crippen LogP contribution in [0.3, 0.4) is 0 Å². The number of hydrogen-bond acceptors (Lipinski definition) is 2. The van der Waals surface area contributed by atoms with E-state index in [0.717, 1.165) is 5.56 Å². The van der Waals surface area contributed by atoms with Crippen LogP contribution < -0.4 is 0 Å². The number of benzene rings is 1. The molecular formula is C16H19NO2S. The Hall–Kier alpha value is -1.39. The molecule has 0 amide bonds. The first-order chi connectivity index (χ1) is 9.46. The van der Waals surface area contributed by atoms with Gasteiger partial charge >= 0.3 is 0 Å². The molecule has 1 aliphatic heterocycles. The summed E-state index contributed by atoms with van der Waals surface area (Å²) in [5, 5.41) is 0. The lowest BCUT2D eigenvalue weighted by atomic mass is 9.92. The molecule has 2 aliphatic rings. The first kappa shape index (κ1) is 13.6. The van der Waals surface area contributed by atoms with Crippen molar-refractivity contribution >= 4 is 10.0 Å². The van der Waals surface area contributed by atoms with Gasteiger partial charge in [0.1, 0.15) is 0 Å². The second-order valence-electron chi connectivity index (χ2n) is 5.70. The van der Waals surface area contributed by atoms with Crippen LogP contribution >= 0.6 is 0 Å². The summed E-state index contributed by atoms with van der Waals surface area (Å²) in [6.07, 6.45) is 6.48. The summed E-state index contributed by atoms with van der Waals surface area (Å²) >= 11 is 0. The van der Waals surface area contributed by atoms with Crippen LogP contribution in [0.4, 0.5) is 0 Å². The molecule has 1 aliphatic carbocycles. The predicted molar refractivity (Wildman–Crippen MR) is 79.8 cm³/mol. The maximum atomic E-state index is 12.6. The van der Waals surface area contributed by atoms with Crippen LogP contribution in [0.2, 0.25) is 0 Å². The van der Waals surface area contributed by atoms with Crippen molar-refractivity contribution in [3.63, 3.8) is 0 Å². The summed E-state index contributed by atoms with van der Waals surface area (Å²) in [5.41, 5.74) is 2.30. The summed E-state index contributed by atoms with van der Waals surface area (Å²) in [7, 11) is -3.37. The molecule has 2 unspecified atom stereocenters. The third kappa shape index (κ3) is 2.34. The highest BCUT2D eigenvalue weighted by Gasteiger charge is 2.35. The Morgan fingerprint density at radius 3 is 2.55 bits per heavy atom. The SMILES string of the molecule is Cc1ccc(S(=O)(=O)N2CC3=CC(C)C=CC3C2)cc1. The van der Waals surface area contributed by atoms with Crippen LogP contribution in [-0.2, 0) is 10.0 Å². The summed E-state index contributed by atoms with van der Waals surface area (Å²) in [5.74, 6) is 0.662. The molecule has 3 rings (SSSR count). The normalized spacial score (nSPS) is 26.4. The smallest absolute Gasteiger partial charge is 0.207 e. The minimum Gasteiger partial charge on any atom is -0.207 e. The first-order valence-electron chi connectivity index (χ1n) is 6.92. The Bertz CT molecular complexity index is 671. The van der Waals surface area contributed by atoms with Gasteiger partial charge in [-0.1, -0.05) is 48.4 Å². The van der Waals surface area contributed by atoms with Crippen molar-refractivity contribution < 1.29 is 8.42 Å². The van der Waals surface area contributed by atoms with Crippen molar-refractivity contribution in [2.75, 3.05) is 13.1 Å². The molecule has 0 bridgehead atoms. The molecule has 20 heavy (non-hydrogen) atoms. The van der Waals surface area contributed by atoms with Gasteiger partial charge in [-0.25, -0.2) is 8.42 Å². The average molecular weight is 289 g/mol. The molecule has 1 saturated heterocycles. The van der Waals surface area contributed by atoms with Crippen molar-refractivity contribution in [2.24, 2.45) is 11.8 Å². The van der Waals surface area contributed by atoms with Gasteiger partial charge in [0, 0.05) is 19.0 Å². The number of hydrogen-bond donors (Lipinski definition) is 0. The number of rotatable bonds is 2. The number of sulfonamides is 1. The quantitative estimate of drug-likeness (QED) is 0.785. The standard InChI is InChI=1S/C16H19NO2S/c1-12-4-7-16(8-5-12)20(18,19)17-10-14-6-3-13(2)9-15(14)11-17/h3-9,13-14H,10-11H2,1-2H3. The molecule has 1 fully saturated rings. The van der Waals surface area contributed by atoms with E-state index >= 15 is 0 Å². The van der Waals surface area contributed by atoms with Gasteiger partial charge in [0.25, 0.3) is 0 Å². The fourth-order valence-electron chi connectivity index (χ4n) is 2.83. The second kappa shape index (κ2) is 4.86. The van der Waals surface area contributed by atoms with Crippen LogP contribution in [0, 0.1) is 18.8 Å². The van der Waals surface area contributed by atoms with Crippen molar-refractivity contribution in [2.45, 2.75) is 18.7 Å². The molecule has 3 nitrogen and oxygen atoms in total. The highest BCUT2D eigenvalue weighted by Crippen LogP contribution is 2.32. The number of aryl methyl sites for hydroxylation is 1. The molecule has 2 atom stereocenters. The molecule has 1 aromatic rings. The predicted octanol–water partition coefficient (Wildman–Crippen LogP) is 2.75. The summed E-state index contributed by atoms with van der Waals surface area (Å²) in [6, 6.07) is 7.08. The van der Waals surface area contributed by atoms with Gasteiger partial charge in [-0.15, -0.1) is 0 Å². The van der Waals surface area contributed by atoms with E-state index in [0.29, 0.717) is 23.9 Å². The van der Waals surface area contributed by atoms with Crippen LogP contribution in [0.1, 0.15) is 12.5 Å². The Morgan fingerprint density at radius 1 is 1.15 bits per heavy atom. The third-order valence-corrected chi connectivity index (χ3v) is 5.84. The molecule has 0 N–H and O–H groups in total. The first-order valence-corrected chi connectivity index (χ1v) is 8.36. The van der Waals surface area contributed by atoms with E-state index in [9.17, 15) is 8.42 Å². The average Bonchev–Trinajstić information content (AvgIpc) is 2.83. The van der Waals surface area contributed by atoms with Gasteiger partial charge in [-0.05, 0) is 25.0 Å². The van der Waals surface area contributed by atoms with E-state index in [4.69, 9.17) is 0 Å². The zero-order valence-electron chi connectivity index (χ0n) is 11.8. The molecule has 4 heteroatoms. The van der Waals surface area contributed by atoms with Crippen molar-refractivity contribution in [1.82, 2.24) is 4.31 Å². The van der Waals surface area contributed by atoms with Crippen LogP contribution in [0.15, 0.2) is 53.0 Å². The van der Waals surface area contributed by atoms with Gasteiger partial charge in [0.2, 0.25) is 10.0 Å². The molecule has 106 valence electrons. The monoisotopic (exact) mass is 289 g/mol. The van der Waals surface area contributed by atoms with E-state index in [1.807, 2.05) is 19.1 Å². The topological polar surface area (TPSA) is 37.4 Å². The molecule has 1 heterocycles. The molecule has 1 aromatic carbocycles. The summed E-state index contributed by atoms with van der Waals surface area (Å²) in [4.78, 5) is 0.388. The van der Waals surface area contributed by atoms with Crippen molar-refractivity contribution in [1.29, 1.82) is 0 Å². The van der Waals surface area contributed by atoms with Gasteiger partial charge in [-0.3, -0.25) is 0 Å².